The van der Waals surface area contributed by atoms with E-state index in [1.54, 1.807) is 6.20 Å². The van der Waals surface area contributed by atoms with Crippen molar-refractivity contribution in [3.63, 3.8) is 0 Å². The molecule has 0 aliphatic carbocycles. The summed E-state index contributed by atoms with van der Waals surface area (Å²) in [6.45, 7) is 5.55. The molecule has 3 saturated heterocycles. The van der Waals surface area contributed by atoms with Crippen molar-refractivity contribution >= 4 is 27.5 Å². The molecule has 210 valence electrons. The van der Waals surface area contributed by atoms with Crippen LogP contribution in [0.2, 0.25) is 0 Å². The Hall–Kier alpha value is -3.80. The van der Waals surface area contributed by atoms with Gasteiger partial charge in [-0.05, 0) is 70.0 Å². The number of pyridine rings is 1. The van der Waals surface area contributed by atoms with Gasteiger partial charge in [0.2, 0.25) is 0 Å². The van der Waals surface area contributed by atoms with E-state index in [9.17, 15) is 5.11 Å². The molecule has 1 atom stereocenters. The molecule has 0 saturated carbocycles. The van der Waals surface area contributed by atoms with Crippen LogP contribution in [0.5, 0.6) is 6.01 Å². The number of hydrogen-bond donors (Lipinski definition) is 1. The molecular formula is C33H34FN5O2. The van der Waals surface area contributed by atoms with E-state index in [2.05, 4.69) is 20.8 Å². The second-order valence-corrected chi connectivity index (χ2v) is 12.1. The number of ether oxygens (including phenoxy) is 1. The lowest BCUT2D eigenvalue weighted by atomic mass is 9.95. The number of β-amino-alcohol motifs (C(OH)–C–C–N with tert-alkyl or cyclic N) is 1. The van der Waals surface area contributed by atoms with E-state index in [1.165, 1.54) is 0 Å². The summed E-state index contributed by atoms with van der Waals surface area (Å²) in [4.78, 5) is 18.6. The lowest BCUT2D eigenvalue weighted by molar-refractivity contribution is 0.0447. The third kappa shape index (κ3) is 4.48. The molecule has 0 spiro atoms. The molecular weight excluding hydrogens is 517 g/mol. The predicted molar refractivity (Wildman–Crippen MR) is 159 cm³/mol. The van der Waals surface area contributed by atoms with Gasteiger partial charge in [0.1, 0.15) is 23.6 Å². The van der Waals surface area contributed by atoms with Gasteiger partial charge in [-0.3, -0.25) is 9.88 Å². The number of terminal acetylenes is 1. The van der Waals surface area contributed by atoms with Crippen molar-refractivity contribution in [2.24, 2.45) is 0 Å². The summed E-state index contributed by atoms with van der Waals surface area (Å²) in [6.07, 6.45) is 13.5. The number of fused-ring (bicyclic) bond motifs is 3. The average Bonchev–Trinajstić information content (AvgIpc) is 3.56. The Balaban J connectivity index is 1.37. The highest BCUT2D eigenvalue weighted by Crippen LogP contribution is 2.40. The quantitative estimate of drug-likeness (QED) is 0.337. The van der Waals surface area contributed by atoms with E-state index in [0.29, 0.717) is 48.4 Å². The number of hydrogen-bond acceptors (Lipinski definition) is 7. The van der Waals surface area contributed by atoms with Crippen molar-refractivity contribution in [2.75, 3.05) is 37.7 Å². The van der Waals surface area contributed by atoms with Crippen molar-refractivity contribution in [3.05, 3.63) is 54.0 Å². The number of aliphatic hydroxyl groups is 1. The maximum atomic E-state index is 16.6. The molecule has 3 aliphatic rings. The first kappa shape index (κ1) is 26.1. The molecule has 0 radical (unpaired) electrons. The fraction of sp³-hybridized carbons (Fsp3) is 0.424. The van der Waals surface area contributed by atoms with Crippen LogP contribution >= 0.6 is 0 Å². The molecule has 1 unspecified atom stereocenters. The fourth-order valence-electron chi connectivity index (χ4n) is 7.23. The summed E-state index contributed by atoms with van der Waals surface area (Å²) in [7, 11) is 0. The molecule has 2 aromatic carbocycles. The van der Waals surface area contributed by atoms with Gasteiger partial charge in [-0.25, -0.2) is 4.39 Å². The minimum atomic E-state index is -0.871. The van der Waals surface area contributed by atoms with Gasteiger partial charge in [0, 0.05) is 35.8 Å². The Labute approximate surface area is 239 Å². The van der Waals surface area contributed by atoms with Crippen molar-refractivity contribution in [2.45, 2.75) is 56.6 Å². The Kier molecular flexibility index (Phi) is 6.33. The lowest BCUT2D eigenvalue weighted by Gasteiger charge is -2.38. The minimum absolute atomic E-state index is 0.00377. The molecule has 7 nitrogen and oxygen atoms in total. The zero-order valence-electron chi connectivity index (χ0n) is 23.4. The number of aromatic nitrogens is 3. The van der Waals surface area contributed by atoms with Crippen molar-refractivity contribution in [1.29, 1.82) is 0 Å². The molecule has 4 aromatic rings. The second kappa shape index (κ2) is 9.93. The first-order chi connectivity index (χ1) is 19.9. The number of piperidine rings is 1. The smallest absolute Gasteiger partial charge is 0.319 e. The van der Waals surface area contributed by atoms with Crippen LogP contribution in [-0.4, -0.2) is 68.9 Å². The highest BCUT2D eigenvalue weighted by atomic mass is 19.1. The van der Waals surface area contributed by atoms with Crippen LogP contribution < -0.4 is 9.64 Å². The van der Waals surface area contributed by atoms with Gasteiger partial charge in [0.15, 0.2) is 5.82 Å². The fourth-order valence-corrected chi connectivity index (χ4v) is 7.23. The van der Waals surface area contributed by atoms with Gasteiger partial charge >= 0.3 is 6.01 Å². The largest absolute Gasteiger partial charge is 0.461 e. The van der Waals surface area contributed by atoms with Gasteiger partial charge in [-0.15, -0.1) is 6.42 Å². The average molecular weight is 552 g/mol. The normalized spacial score (nSPS) is 22.2. The first-order valence-corrected chi connectivity index (χ1v) is 14.6. The van der Waals surface area contributed by atoms with Crippen molar-refractivity contribution in [3.8, 4) is 29.6 Å². The molecule has 3 aliphatic heterocycles. The second-order valence-electron chi connectivity index (χ2n) is 12.1. The number of halogens is 1. The lowest BCUT2D eigenvalue weighted by Crippen LogP contribution is -2.46. The summed E-state index contributed by atoms with van der Waals surface area (Å²) in [5.41, 5.74) is 0.768. The van der Waals surface area contributed by atoms with E-state index in [4.69, 9.17) is 16.1 Å². The monoisotopic (exact) mass is 551 g/mol. The standard InChI is InChI=1S/C33H34FN5O2/c1-3-22-9-4-10-23-11-5-12-24(26(22)23)28-27(34)29-25(19-35-28)30(38-16-6-13-32(2,40)20-38)37-31(36-29)41-21-33-14-7-17-39(33)18-8-15-33/h1,4-5,9-12,19,40H,6-8,13-18,20-21H2,2H3. The van der Waals surface area contributed by atoms with E-state index >= 15 is 4.39 Å². The van der Waals surface area contributed by atoms with Crippen molar-refractivity contribution < 1.29 is 14.2 Å². The van der Waals surface area contributed by atoms with Crippen LogP contribution in [-0.2, 0) is 0 Å². The first-order valence-electron chi connectivity index (χ1n) is 14.6. The van der Waals surface area contributed by atoms with Crippen LogP contribution in [0.15, 0.2) is 42.6 Å². The SMILES string of the molecule is C#Cc1cccc2cccc(-c3ncc4c(N5CCCC(C)(O)C5)nc(OCC56CCCN5CCC6)nc4c3F)c12. The molecule has 2 aromatic heterocycles. The molecule has 41 heavy (non-hydrogen) atoms. The molecule has 0 bridgehead atoms. The summed E-state index contributed by atoms with van der Waals surface area (Å²) in [5, 5.41) is 13.1. The molecule has 7 rings (SSSR count). The number of rotatable bonds is 5. The third-order valence-corrected chi connectivity index (χ3v) is 9.21. The predicted octanol–water partition coefficient (Wildman–Crippen LogP) is 5.32. The molecule has 5 heterocycles. The van der Waals surface area contributed by atoms with E-state index in [0.717, 1.165) is 56.0 Å². The molecule has 8 heteroatoms. The van der Waals surface area contributed by atoms with Crippen LogP contribution in [0.4, 0.5) is 10.2 Å². The summed E-state index contributed by atoms with van der Waals surface area (Å²) >= 11 is 0. The minimum Gasteiger partial charge on any atom is -0.461 e. The van der Waals surface area contributed by atoms with Gasteiger partial charge in [-0.1, -0.05) is 36.3 Å². The zero-order valence-corrected chi connectivity index (χ0v) is 23.4. The van der Waals surface area contributed by atoms with Crippen LogP contribution in [0.25, 0.3) is 32.9 Å². The summed E-state index contributed by atoms with van der Waals surface area (Å²) in [5.74, 6) is 2.73. The van der Waals surface area contributed by atoms with E-state index in [-0.39, 0.29) is 22.8 Å². The van der Waals surface area contributed by atoms with Gasteiger partial charge in [0.25, 0.3) is 0 Å². The Morgan fingerprint density at radius 2 is 1.80 bits per heavy atom. The molecule has 1 N–H and O–H groups in total. The van der Waals surface area contributed by atoms with Gasteiger partial charge in [0.05, 0.1) is 16.5 Å². The van der Waals surface area contributed by atoms with Crippen LogP contribution in [0.1, 0.15) is 51.0 Å². The Morgan fingerprint density at radius 3 is 2.56 bits per heavy atom. The number of benzene rings is 2. The highest BCUT2D eigenvalue weighted by molar-refractivity contribution is 6.02. The number of anilines is 1. The van der Waals surface area contributed by atoms with E-state index < -0.39 is 11.4 Å². The zero-order chi connectivity index (χ0) is 28.2. The Morgan fingerprint density at radius 1 is 1.05 bits per heavy atom. The summed E-state index contributed by atoms with van der Waals surface area (Å²) < 4.78 is 22.9. The van der Waals surface area contributed by atoms with E-state index in [1.807, 2.05) is 48.2 Å². The Bertz CT molecular complexity index is 1680. The highest BCUT2D eigenvalue weighted by Gasteiger charge is 2.45. The topological polar surface area (TPSA) is 74.6 Å². The van der Waals surface area contributed by atoms with Crippen molar-refractivity contribution in [1.82, 2.24) is 19.9 Å². The third-order valence-electron chi connectivity index (χ3n) is 9.21. The molecule has 0 amide bonds. The van der Waals surface area contributed by atoms with Crippen LogP contribution in [0, 0.1) is 18.2 Å². The van der Waals surface area contributed by atoms with Crippen LogP contribution in [0.3, 0.4) is 0 Å². The number of nitrogens with zero attached hydrogens (tertiary/aromatic N) is 5. The maximum Gasteiger partial charge on any atom is 0.319 e. The van der Waals surface area contributed by atoms with Gasteiger partial charge < -0.3 is 14.7 Å². The summed E-state index contributed by atoms with van der Waals surface area (Å²) in [6, 6.07) is 11.6. The molecule has 3 fully saturated rings. The maximum absolute atomic E-state index is 16.6. The van der Waals surface area contributed by atoms with Gasteiger partial charge in [-0.2, -0.15) is 9.97 Å².